The molecule has 0 saturated heterocycles. The standard InChI is InChI=1S/C20H16ClN3OS/c1-24-11-13(14-6-3-5-9-18(14)24)10-19(25)23-20-22-17(12-26-20)15-7-2-4-8-16(15)21/h2-9,11-12H,10H2,1H3,(H,22,23,25). The number of rotatable bonds is 4. The van der Waals surface area contributed by atoms with Crippen LogP contribution in [0.4, 0.5) is 5.13 Å². The van der Waals surface area contributed by atoms with Crippen LogP contribution in [0.5, 0.6) is 0 Å². The molecule has 0 aliphatic carbocycles. The van der Waals surface area contributed by atoms with Crippen molar-refractivity contribution in [2.45, 2.75) is 6.42 Å². The van der Waals surface area contributed by atoms with Crippen LogP contribution < -0.4 is 5.32 Å². The smallest absolute Gasteiger partial charge is 0.230 e. The van der Waals surface area contributed by atoms with Gasteiger partial charge in [0.1, 0.15) is 0 Å². The molecule has 0 radical (unpaired) electrons. The van der Waals surface area contributed by atoms with Gasteiger partial charge >= 0.3 is 0 Å². The number of amides is 1. The number of carbonyl (C=O) groups excluding carboxylic acids is 1. The minimum absolute atomic E-state index is 0.0820. The number of hydrogen-bond donors (Lipinski definition) is 1. The van der Waals surface area contributed by atoms with Crippen LogP contribution in [0.25, 0.3) is 22.2 Å². The number of hydrogen-bond acceptors (Lipinski definition) is 3. The van der Waals surface area contributed by atoms with Crippen molar-refractivity contribution in [3.05, 3.63) is 70.7 Å². The van der Waals surface area contributed by atoms with Gasteiger partial charge in [0.05, 0.1) is 12.1 Å². The Morgan fingerprint density at radius 1 is 1.19 bits per heavy atom. The maximum atomic E-state index is 12.5. The largest absolute Gasteiger partial charge is 0.350 e. The lowest BCUT2D eigenvalue weighted by Crippen LogP contribution is -2.14. The molecule has 4 aromatic rings. The average Bonchev–Trinajstić information content (AvgIpc) is 3.21. The third-order valence-corrected chi connectivity index (χ3v) is 5.32. The molecule has 6 heteroatoms. The van der Waals surface area contributed by atoms with E-state index in [1.54, 1.807) is 0 Å². The Bertz CT molecular complexity index is 1100. The Morgan fingerprint density at radius 2 is 1.96 bits per heavy atom. The summed E-state index contributed by atoms with van der Waals surface area (Å²) < 4.78 is 2.04. The average molecular weight is 382 g/mol. The van der Waals surface area contributed by atoms with Crippen LogP contribution in [0.15, 0.2) is 60.1 Å². The Hall–Kier alpha value is -2.63. The number of fused-ring (bicyclic) bond motifs is 1. The van der Waals surface area contributed by atoms with Gasteiger partial charge in [0.15, 0.2) is 5.13 Å². The van der Waals surface area contributed by atoms with E-state index in [0.29, 0.717) is 16.6 Å². The summed E-state index contributed by atoms with van der Waals surface area (Å²) in [6.07, 6.45) is 2.31. The van der Waals surface area contributed by atoms with E-state index in [9.17, 15) is 4.79 Å². The minimum Gasteiger partial charge on any atom is -0.350 e. The van der Waals surface area contributed by atoms with Crippen LogP contribution >= 0.6 is 22.9 Å². The summed E-state index contributed by atoms with van der Waals surface area (Å²) in [5.41, 5.74) is 3.75. The Morgan fingerprint density at radius 3 is 2.81 bits per heavy atom. The maximum absolute atomic E-state index is 12.5. The molecule has 0 bridgehead atoms. The van der Waals surface area contributed by atoms with Crippen LogP contribution in [0, 0.1) is 0 Å². The molecule has 1 N–H and O–H groups in total. The van der Waals surface area contributed by atoms with E-state index in [-0.39, 0.29) is 5.91 Å². The van der Waals surface area contributed by atoms with Gasteiger partial charge in [-0.25, -0.2) is 4.98 Å². The number of carbonyl (C=O) groups is 1. The Kier molecular flexibility index (Phi) is 4.49. The SMILES string of the molecule is Cn1cc(CC(=O)Nc2nc(-c3ccccc3Cl)cs2)c2ccccc21. The molecule has 2 aromatic carbocycles. The Balaban J connectivity index is 1.51. The molecule has 130 valence electrons. The van der Waals surface area contributed by atoms with Gasteiger partial charge in [-0.1, -0.05) is 48.0 Å². The molecule has 4 nitrogen and oxygen atoms in total. The molecule has 2 aromatic heterocycles. The normalized spacial score (nSPS) is 11.0. The summed E-state index contributed by atoms with van der Waals surface area (Å²) >= 11 is 7.61. The summed E-state index contributed by atoms with van der Waals surface area (Å²) in [5.74, 6) is -0.0820. The molecule has 0 unspecified atom stereocenters. The van der Waals surface area contributed by atoms with Gasteiger partial charge in [0, 0.05) is 40.1 Å². The number of anilines is 1. The minimum atomic E-state index is -0.0820. The lowest BCUT2D eigenvalue weighted by molar-refractivity contribution is -0.115. The topological polar surface area (TPSA) is 46.9 Å². The molecular weight excluding hydrogens is 366 g/mol. The lowest BCUT2D eigenvalue weighted by atomic mass is 10.1. The second-order valence-electron chi connectivity index (χ2n) is 6.03. The van der Waals surface area contributed by atoms with E-state index in [4.69, 9.17) is 11.6 Å². The Labute approximate surface area is 160 Å². The summed E-state index contributed by atoms with van der Waals surface area (Å²) in [7, 11) is 1.99. The van der Waals surface area contributed by atoms with Gasteiger partial charge in [-0.15, -0.1) is 11.3 Å². The molecule has 2 heterocycles. The third kappa shape index (κ3) is 3.23. The first-order valence-corrected chi connectivity index (χ1v) is 9.41. The number of aromatic nitrogens is 2. The van der Waals surface area contributed by atoms with E-state index < -0.39 is 0 Å². The second kappa shape index (κ2) is 6.94. The molecule has 1 amide bonds. The quantitative estimate of drug-likeness (QED) is 0.532. The van der Waals surface area contributed by atoms with Crippen molar-refractivity contribution in [3.63, 3.8) is 0 Å². The van der Waals surface area contributed by atoms with Gasteiger partial charge in [-0.2, -0.15) is 0 Å². The monoisotopic (exact) mass is 381 g/mol. The van der Waals surface area contributed by atoms with Crippen molar-refractivity contribution in [3.8, 4) is 11.3 Å². The highest BCUT2D eigenvalue weighted by Gasteiger charge is 2.13. The fourth-order valence-electron chi connectivity index (χ4n) is 3.03. The molecule has 0 aliphatic heterocycles. The number of thiazole rings is 1. The zero-order chi connectivity index (χ0) is 18.1. The summed E-state index contributed by atoms with van der Waals surface area (Å²) in [5, 5.41) is 7.10. The molecule has 0 spiro atoms. The first-order valence-electron chi connectivity index (χ1n) is 8.15. The first kappa shape index (κ1) is 16.8. The maximum Gasteiger partial charge on any atom is 0.230 e. The van der Waals surface area contributed by atoms with Crippen LogP contribution in [0.1, 0.15) is 5.56 Å². The number of benzene rings is 2. The number of aryl methyl sites for hydroxylation is 1. The predicted octanol–water partition coefficient (Wildman–Crippen LogP) is 5.14. The summed E-state index contributed by atoms with van der Waals surface area (Å²) in [6, 6.07) is 15.6. The molecular formula is C20H16ClN3OS. The second-order valence-corrected chi connectivity index (χ2v) is 7.29. The zero-order valence-corrected chi connectivity index (χ0v) is 15.6. The molecule has 0 atom stereocenters. The van der Waals surface area contributed by atoms with Crippen LogP contribution in [0.2, 0.25) is 5.02 Å². The van der Waals surface area contributed by atoms with Gasteiger partial charge in [-0.05, 0) is 17.7 Å². The fourth-order valence-corrected chi connectivity index (χ4v) is 3.99. The molecule has 4 rings (SSSR count). The molecule has 26 heavy (non-hydrogen) atoms. The third-order valence-electron chi connectivity index (χ3n) is 4.23. The van der Waals surface area contributed by atoms with E-state index >= 15 is 0 Å². The lowest BCUT2D eigenvalue weighted by Gasteiger charge is -2.02. The summed E-state index contributed by atoms with van der Waals surface area (Å²) in [6.45, 7) is 0. The number of halogens is 1. The van der Waals surface area contributed by atoms with Crippen LogP contribution in [-0.2, 0) is 18.3 Å². The highest BCUT2D eigenvalue weighted by atomic mass is 35.5. The predicted molar refractivity (Wildman–Crippen MR) is 108 cm³/mol. The highest BCUT2D eigenvalue weighted by Crippen LogP contribution is 2.30. The highest BCUT2D eigenvalue weighted by molar-refractivity contribution is 7.14. The van der Waals surface area contributed by atoms with Crippen LogP contribution in [-0.4, -0.2) is 15.5 Å². The van der Waals surface area contributed by atoms with E-state index in [1.165, 1.54) is 11.3 Å². The van der Waals surface area contributed by atoms with Gasteiger partial charge in [0.2, 0.25) is 5.91 Å². The van der Waals surface area contributed by atoms with Crippen molar-refractivity contribution in [1.82, 2.24) is 9.55 Å². The molecule has 0 saturated carbocycles. The van der Waals surface area contributed by atoms with Crippen molar-refractivity contribution in [2.75, 3.05) is 5.32 Å². The van der Waals surface area contributed by atoms with E-state index in [1.807, 2.05) is 71.7 Å². The first-order chi connectivity index (χ1) is 12.6. The van der Waals surface area contributed by atoms with Crippen molar-refractivity contribution < 1.29 is 4.79 Å². The fraction of sp³-hybridized carbons (Fsp3) is 0.100. The molecule has 0 aliphatic rings. The summed E-state index contributed by atoms with van der Waals surface area (Å²) in [4.78, 5) is 17.0. The van der Waals surface area contributed by atoms with Gasteiger partial charge in [-0.3, -0.25) is 4.79 Å². The number of para-hydroxylation sites is 1. The zero-order valence-electron chi connectivity index (χ0n) is 14.1. The van der Waals surface area contributed by atoms with Crippen molar-refractivity contribution >= 4 is 44.9 Å². The van der Waals surface area contributed by atoms with Crippen molar-refractivity contribution in [2.24, 2.45) is 7.05 Å². The number of nitrogens with one attached hydrogen (secondary N) is 1. The molecule has 0 fully saturated rings. The van der Waals surface area contributed by atoms with Gasteiger partial charge in [0.25, 0.3) is 0 Å². The van der Waals surface area contributed by atoms with Crippen LogP contribution in [0.3, 0.4) is 0 Å². The van der Waals surface area contributed by atoms with E-state index in [0.717, 1.165) is 27.7 Å². The van der Waals surface area contributed by atoms with Crippen molar-refractivity contribution in [1.29, 1.82) is 0 Å². The van der Waals surface area contributed by atoms with Gasteiger partial charge < -0.3 is 9.88 Å². The number of nitrogens with zero attached hydrogens (tertiary/aromatic N) is 2. The van der Waals surface area contributed by atoms with E-state index in [2.05, 4.69) is 10.3 Å².